The van der Waals surface area contributed by atoms with E-state index in [-0.39, 0.29) is 12.1 Å². The molecule has 20 heavy (non-hydrogen) atoms. The zero-order chi connectivity index (χ0) is 14.8. The molecule has 0 aromatic carbocycles. The minimum atomic E-state index is -0.142. The van der Waals surface area contributed by atoms with Gasteiger partial charge in [-0.25, -0.2) is 0 Å². The summed E-state index contributed by atoms with van der Waals surface area (Å²) in [4.78, 5) is 2.52. The van der Waals surface area contributed by atoms with Gasteiger partial charge in [-0.3, -0.25) is 0 Å². The number of fused-ring (bicyclic) bond motifs is 2. The second-order valence-corrected chi connectivity index (χ2v) is 7.68. The Hall–Kier alpha value is -0.120. The van der Waals surface area contributed by atoms with Crippen LogP contribution in [0.3, 0.4) is 0 Å². The summed E-state index contributed by atoms with van der Waals surface area (Å²) in [6.45, 7) is 8.93. The SMILES string of the molecule is CCNC(C)(CO)CC(C)N(C)CC1CC2CCC1C2. The monoisotopic (exact) mass is 282 g/mol. The van der Waals surface area contributed by atoms with Crippen LogP contribution in [0, 0.1) is 17.8 Å². The van der Waals surface area contributed by atoms with Crippen LogP contribution in [0.25, 0.3) is 0 Å². The van der Waals surface area contributed by atoms with Crippen molar-refractivity contribution in [3.05, 3.63) is 0 Å². The zero-order valence-electron chi connectivity index (χ0n) is 13.9. The first-order valence-corrected chi connectivity index (χ1v) is 8.53. The van der Waals surface area contributed by atoms with Gasteiger partial charge in [0.2, 0.25) is 0 Å². The summed E-state index contributed by atoms with van der Waals surface area (Å²) in [7, 11) is 2.26. The van der Waals surface area contributed by atoms with E-state index in [1.165, 1.54) is 32.2 Å². The lowest BCUT2D eigenvalue weighted by Gasteiger charge is -2.37. The summed E-state index contributed by atoms with van der Waals surface area (Å²) in [5, 5.41) is 13.1. The molecule has 0 spiro atoms. The van der Waals surface area contributed by atoms with Crippen LogP contribution in [0.2, 0.25) is 0 Å². The van der Waals surface area contributed by atoms with Crippen molar-refractivity contribution < 1.29 is 5.11 Å². The largest absolute Gasteiger partial charge is 0.394 e. The van der Waals surface area contributed by atoms with Crippen molar-refractivity contribution >= 4 is 0 Å². The third-order valence-corrected chi connectivity index (χ3v) is 5.86. The van der Waals surface area contributed by atoms with E-state index in [1.54, 1.807) is 0 Å². The van der Waals surface area contributed by atoms with Gasteiger partial charge in [-0.15, -0.1) is 0 Å². The summed E-state index contributed by atoms with van der Waals surface area (Å²) >= 11 is 0. The molecular formula is C17H34N2O. The Morgan fingerprint density at radius 1 is 1.35 bits per heavy atom. The molecule has 3 nitrogen and oxygen atoms in total. The van der Waals surface area contributed by atoms with Crippen molar-refractivity contribution in [3.63, 3.8) is 0 Å². The van der Waals surface area contributed by atoms with Crippen molar-refractivity contribution in [2.45, 2.75) is 64.5 Å². The van der Waals surface area contributed by atoms with Gasteiger partial charge < -0.3 is 15.3 Å². The first-order valence-electron chi connectivity index (χ1n) is 8.53. The molecule has 2 fully saturated rings. The molecule has 118 valence electrons. The van der Waals surface area contributed by atoms with Crippen LogP contribution in [0.5, 0.6) is 0 Å². The van der Waals surface area contributed by atoms with Crippen molar-refractivity contribution in [3.8, 4) is 0 Å². The molecule has 5 atom stereocenters. The molecule has 2 N–H and O–H groups in total. The van der Waals surface area contributed by atoms with E-state index < -0.39 is 0 Å². The van der Waals surface area contributed by atoms with Crippen molar-refractivity contribution in [2.75, 3.05) is 26.7 Å². The average Bonchev–Trinajstić information content (AvgIpc) is 3.01. The summed E-state index contributed by atoms with van der Waals surface area (Å²) in [5.41, 5.74) is -0.142. The quantitative estimate of drug-likeness (QED) is 0.718. The molecule has 3 heteroatoms. The Morgan fingerprint density at radius 3 is 2.60 bits per heavy atom. The van der Waals surface area contributed by atoms with Gasteiger partial charge >= 0.3 is 0 Å². The fraction of sp³-hybridized carbons (Fsp3) is 1.00. The molecular weight excluding hydrogens is 248 g/mol. The van der Waals surface area contributed by atoms with Gasteiger partial charge in [-0.1, -0.05) is 13.3 Å². The summed E-state index contributed by atoms with van der Waals surface area (Å²) in [6.07, 6.45) is 6.94. The van der Waals surface area contributed by atoms with Gasteiger partial charge in [0.25, 0.3) is 0 Å². The predicted octanol–water partition coefficient (Wildman–Crippen LogP) is 2.49. The number of nitrogens with one attached hydrogen (secondary N) is 1. The van der Waals surface area contributed by atoms with Crippen LogP contribution in [0.4, 0.5) is 0 Å². The molecule has 0 saturated heterocycles. The highest BCUT2D eigenvalue weighted by Crippen LogP contribution is 2.48. The Morgan fingerprint density at radius 2 is 2.10 bits per heavy atom. The molecule has 2 bridgehead atoms. The number of aliphatic hydroxyl groups is 1. The van der Waals surface area contributed by atoms with Crippen LogP contribution in [0.1, 0.15) is 52.9 Å². The number of aliphatic hydroxyl groups excluding tert-OH is 1. The van der Waals surface area contributed by atoms with E-state index in [2.05, 4.69) is 38.0 Å². The lowest BCUT2D eigenvalue weighted by atomic mass is 9.87. The first-order chi connectivity index (χ1) is 9.47. The van der Waals surface area contributed by atoms with Crippen LogP contribution >= 0.6 is 0 Å². The average molecular weight is 282 g/mol. The molecule has 0 aromatic rings. The van der Waals surface area contributed by atoms with Gasteiger partial charge in [-0.2, -0.15) is 0 Å². The summed E-state index contributed by atoms with van der Waals surface area (Å²) in [6, 6.07) is 0.519. The minimum absolute atomic E-state index is 0.142. The van der Waals surface area contributed by atoms with E-state index in [0.29, 0.717) is 6.04 Å². The Kier molecular flexibility index (Phi) is 5.49. The van der Waals surface area contributed by atoms with Gasteiger partial charge in [0.05, 0.1) is 6.61 Å². The Labute approximate surface area is 125 Å². The third kappa shape index (κ3) is 3.75. The maximum Gasteiger partial charge on any atom is 0.0611 e. The number of nitrogens with zero attached hydrogens (tertiary/aromatic N) is 1. The van der Waals surface area contributed by atoms with E-state index in [4.69, 9.17) is 0 Å². The third-order valence-electron chi connectivity index (χ3n) is 5.86. The lowest BCUT2D eigenvalue weighted by molar-refractivity contribution is 0.112. The van der Waals surface area contributed by atoms with E-state index in [1.807, 2.05) is 0 Å². The normalized spacial score (nSPS) is 33.6. The van der Waals surface area contributed by atoms with Gasteiger partial charge in [0, 0.05) is 18.1 Å². The molecule has 2 rings (SSSR count). The maximum atomic E-state index is 9.64. The molecule has 2 aliphatic rings. The second-order valence-electron chi connectivity index (χ2n) is 7.68. The van der Waals surface area contributed by atoms with Gasteiger partial charge in [0.15, 0.2) is 0 Å². The van der Waals surface area contributed by atoms with Crippen LogP contribution in [-0.4, -0.2) is 48.3 Å². The molecule has 2 saturated carbocycles. The number of hydrogen-bond donors (Lipinski definition) is 2. The fourth-order valence-electron chi connectivity index (χ4n) is 4.58. The second kappa shape index (κ2) is 6.76. The molecule has 0 aliphatic heterocycles. The highest BCUT2D eigenvalue weighted by atomic mass is 16.3. The summed E-state index contributed by atoms with van der Waals surface area (Å²) in [5.74, 6) is 2.98. The zero-order valence-corrected chi connectivity index (χ0v) is 13.9. The molecule has 0 aromatic heterocycles. The minimum Gasteiger partial charge on any atom is -0.394 e. The molecule has 2 aliphatic carbocycles. The van der Waals surface area contributed by atoms with E-state index in [0.717, 1.165) is 30.7 Å². The molecule has 0 heterocycles. The lowest BCUT2D eigenvalue weighted by Crippen LogP contribution is -2.50. The topological polar surface area (TPSA) is 35.5 Å². The summed E-state index contributed by atoms with van der Waals surface area (Å²) < 4.78 is 0. The predicted molar refractivity (Wildman–Crippen MR) is 84.8 cm³/mol. The maximum absolute atomic E-state index is 9.64. The highest BCUT2D eigenvalue weighted by Gasteiger charge is 2.40. The van der Waals surface area contributed by atoms with Gasteiger partial charge in [-0.05, 0) is 70.9 Å². The smallest absolute Gasteiger partial charge is 0.0611 e. The Bertz CT molecular complexity index is 309. The van der Waals surface area contributed by atoms with Crippen LogP contribution < -0.4 is 5.32 Å². The number of hydrogen-bond acceptors (Lipinski definition) is 3. The number of rotatable bonds is 8. The van der Waals surface area contributed by atoms with Crippen molar-refractivity contribution in [2.24, 2.45) is 17.8 Å². The van der Waals surface area contributed by atoms with Crippen molar-refractivity contribution in [1.29, 1.82) is 0 Å². The van der Waals surface area contributed by atoms with Crippen LogP contribution in [-0.2, 0) is 0 Å². The molecule has 5 unspecified atom stereocenters. The molecule has 0 radical (unpaired) electrons. The first kappa shape index (κ1) is 16.3. The van der Waals surface area contributed by atoms with Crippen molar-refractivity contribution in [1.82, 2.24) is 10.2 Å². The van der Waals surface area contributed by atoms with E-state index >= 15 is 0 Å². The Balaban J connectivity index is 1.81. The van der Waals surface area contributed by atoms with E-state index in [9.17, 15) is 5.11 Å². The van der Waals surface area contributed by atoms with Crippen LogP contribution in [0.15, 0.2) is 0 Å². The van der Waals surface area contributed by atoms with Gasteiger partial charge in [0.1, 0.15) is 0 Å². The molecule has 0 amide bonds. The standard InChI is InChI=1S/C17H34N2O/c1-5-18-17(3,12-20)10-13(2)19(4)11-16-9-14-6-7-15(16)8-14/h13-16,18,20H,5-12H2,1-4H3. The number of likely N-dealkylation sites (N-methyl/N-ethyl adjacent to an activating group) is 1. The highest BCUT2D eigenvalue weighted by molar-refractivity contribution is 4.92. The fourth-order valence-corrected chi connectivity index (χ4v) is 4.58.